The fourth-order valence-corrected chi connectivity index (χ4v) is 3.62. The van der Waals surface area contributed by atoms with Crippen molar-refractivity contribution >= 4 is 6.09 Å². The number of nitrogens with zero attached hydrogens (tertiary/aromatic N) is 2. The average Bonchev–Trinajstić information content (AvgIpc) is 2.48. The fraction of sp³-hybridized carbons (Fsp3) is 0.944. The van der Waals surface area contributed by atoms with Crippen LogP contribution in [0.2, 0.25) is 0 Å². The zero-order chi connectivity index (χ0) is 17.0. The van der Waals surface area contributed by atoms with E-state index >= 15 is 0 Å². The van der Waals surface area contributed by atoms with E-state index in [9.17, 15) is 4.79 Å². The highest BCUT2D eigenvalue weighted by Gasteiger charge is 2.32. The van der Waals surface area contributed by atoms with Crippen molar-refractivity contribution in [1.82, 2.24) is 9.80 Å². The minimum absolute atomic E-state index is 0.163. The van der Waals surface area contributed by atoms with Crippen molar-refractivity contribution in [2.45, 2.75) is 58.7 Å². The van der Waals surface area contributed by atoms with Crippen LogP contribution in [-0.4, -0.2) is 67.4 Å². The fourth-order valence-electron chi connectivity index (χ4n) is 3.62. The van der Waals surface area contributed by atoms with Gasteiger partial charge in [-0.2, -0.15) is 0 Å². The molecule has 0 aliphatic carbocycles. The van der Waals surface area contributed by atoms with Crippen molar-refractivity contribution < 1.29 is 14.3 Å². The second-order valence-electron chi connectivity index (χ2n) is 8.19. The molecular weight excluding hydrogens is 292 g/mol. The summed E-state index contributed by atoms with van der Waals surface area (Å²) >= 11 is 0. The Balaban J connectivity index is 1.77. The number of carbonyl (C=O) groups excluding carboxylic acids is 1. The highest BCUT2D eigenvalue weighted by atomic mass is 16.6. The van der Waals surface area contributed by atoms with Gasteiger partial charge in [-0.1, -0.05) is 6.92 Å². The number of rotatable bonds is 3. The van der Waals surface area contributed by atoms with Crippen LogP contribution >= 0.6 is 0 Å². The molecule has 0 bridgehead atoms. The Hall–Kier alpha value is -0.810. The van der Waals surface area contributed by atoms with Gasteiger partial charge in [0.1, 0.15) is 5.60 Å². The van der Waals surface area contributed by atoms with Gasteiger partial charge in [0, 0.05) is 39.8 Å². The monoisotopic (exact) mass is 326 g/mol. The zero-order valence-electron chi connectivity index (χ0n) is 15.5. The highest BCUT2D eigenvalue weighted by Crippen LogP contribution is 2.27. The number of amides is 1. The Morgan fingerprint density at radius 1 is 1.13 bits per heavy atom. The van der Waals surface area contributed by atoms with Crippen molar-refractivity contribution in [3.05, 3.63) is 0 Å². The van der Waals surface area contributed by atoms with Crippen LogP contribution in [0.5, 0.6) is 0 Å². The molecule has 0 spiro atoms. The summed E-state index contributed by atoms with van der Waals surface area (Å²) < 4.78 is 10.9. The molecule has 0 aromatic carbocycles. The lowest BCUT2D eigenvalue weighted by Crippen LogP contribution is -2.48. The van der Waals surface area contributed by atoms with Crippen LogP contribution < -0.4 is 0 Å². The van der Waals surface area contributed by atoms with Crippen LogP contribution in [0, 0.1) is 11.8 Å². The number of piperidine rings is 2. The van der Waals surface area contributed by atoms with Gasteiger partial charge in [-0.25, -0.2) is 4.79 Å². The molecule has 0 aromatic rings. The largest absolute Gasteiger partial charge is 0.444 e. The van der Waals surface area contributed by atoms with Gasteiger partial charge in [-0.3, -0.25) is 0 Å². The molecule has 0 saturated carbocycles. The Morgan fingerprint density at radius 3 is 2.30 bits per heavy atom. The number of hydrogen-bond donors (Lipinski definition) is 0. The number of methoxy groups -OCH3 is 1. The summed E-state index contributed by atoms with van der Waals surface area (Å²) in [5, 5.41) is 0. The predicted octanol–water partition coefficient (Wildman–Crippen LogP) is 2.99. The molecule has 23 heavy (non-hydrogen) atoms. The lowest BCUT2D eigenvalue weighted by atomic mass is 9.86. The second-order valence-corrected chi connectivity index (χ2v) is 8.19. The van der Waals surface area contributed by atoms with Gasteiger partial charge < -0.3 is 19.3 Å². The number of likely N-dealkylation sites (tertiary alicyclic amines) is 2. The van der Waals surface area contributed by atoms with Crippen LogP contribution in [0.3, 0.4) is 0 Å². The standard InChI is InChI=1S/C18H34N2O3/c1-14-12-20(17(21)23-18(2,3)4)11-6-15(14)13-19-9-7-16(22-5)8-10-19/h14-16H,6-13H2,1-5H3. The Bertz CT molecular complexity index is 386. The first-order chi connectivity index (χ1) is 10.8. The van der Waals surface area contributed by atoms with Crippen LogP contribution in [0.25, 0.3) is 0 Å². The van der Waals surface area contributed by atoms with E-state index in [1.807, 2.05) is 32.8 Å². The molecule has 2 fully saturated rings. The molecule has 2 rings (SSSR count). The average molecular weight is 326 g/mol. The van der Waals surface area contributed by atoms with Crippen LogP contribution in [-0.2, 0) is 9.47 Å². The summed E-state index contributed by atoms with van der Waals surface area (Å²) in [4.78, 5) is 16.7. The maximum absolute atomic E-state index is 12.2. The minimum Gasteiger partial charge on any atom is -0.444 e. The van der Waals surface area contributed by atoms with E-state index < -0.39 is 5.60 Å². The van der Waals surface area contributed by atoms with Gasteiger partial charge in [0.2, 0.25) is 0 Å². The molecule has 5 nitrogen and oxygen atoms in total. The van der Waals surface area contributed by atoms with Crippen molar-refractivity contribution in [3.8, 4) is 0 Å². The van der Waals surface area contributed by atoms with Crippen molar-refractivity contribution in [2.75, 3.05) is 39.8 Å². The molecule has 2 heterocycles. The van der Waals surface area contributed by atoms with E-state index in [1.165, 1.54) is 0 Å². The summed E-state index contributed by atoms with van der Waals surface area (Å²) in [5.41, 5.74) is -0.414. The Kier molecular flexibility index (Phi) is 6.32. The molecule has 2 atom stereocenters. The Morgan fingerprint density at radius 2 is 1.78 bits per heavy atom. The molecule has 2 aliphatic heterocycles. The Labute approximate surface area is 141 Å². The van der Waals surface area contributed by atoms with Crippen molar-refractivity contribution in [1.29, 1.82) is 0 Å². The third-order valence-electron chi connectivity index (χ3n) is 5.10. The van der Waals surface area contributed by atoms with Gasteiger partial charge in [0.05, 0.1) is 6.10 Å². The number of carbonyl (C=O) groups is 1. The molecule has 0 aromatic heterocycles. The van der Waals surface area contributed by atoms with Gasteiger partial charge in [0.15, 0.2) is 0 Å². The van der Waals surface area contributed by atoms with Crippen LogP contribution in [0.4, 0.5) is 4.79 Å². The summed E-state index contributed by atoms with van der Waals surface area (Å²) in [6.45, 7) is 13.1. The number of ether oxygens (including phenoxy) is 2. The molecule has 2 saturated heterocycles. The highest BCUT2D eigenvalue weighted by molar-refractivity contribution is 5.68. The van der Waals surface area contributed by atoms with E-state index in [1.54, 1.807) is 0 Å². The predicted molar refractivity (Wildman–Crippen MR) is 91.5 cm³/mol. The van der Waals surface area contributed by atoms with E-state index in [-0.39, 0.29) is 6.09 Å². The summed E-state index contributed by atoms with van der Waals surface area (Å²) in [6, 6.07) is 0. The molecule has 1 amide bonds. The van der Waals surface area contributed by atoms with Crippen molar-refractivity contribution in [3.63, 3.8) is 0 Å². The maximum atomic E-state index is 12.2. The first-order valence-corrected chi connectivity index (χ1v) is 9.01. The first kappa shape index (κ1) is 18.5. The molecule has 2 aliphatic rings. The van der Waals surface area contributed by atoms with Gasteiger partial charge in [-0.05, 0) is 51.9 Å². The zero-order valence-corrected chi connectivity index (χ0v) is 15.5. The quantitative estimate of drug-likeness (QED) is 0.799. The number of hydrogen-bond acceptors (Lipinski definition) is 4. The van der Waals surface area contributed by atoms with Gasteiger partial charge in [-0.15, -0.1) is 0 Å². The summed E-state index contributed by atoms with van der Waals surface area (Å²) in [7, 11) is 1.81. The topological polar surface area (TPSA) is 42.0 Å². The van der Waals surface area contributed by atoms with E-state index in [2.05, 4.69) is 11.8 Å². The smallest absolute Gasteiger partial charge is 0.410 e. The molecule has 2 unspecified atom stereocenters. The minimum atomic E-state index is -0.414. The maximum Gasteiger partial charge on any atom is 0.410 e. The lowest BCUT2D eigenvalue weighted by molar-refractivity contribution is 0.00321. The summed E-state index contributed by atoms with van der Waals surface area (Å²) in [5.74, 6) is 1.20. The third kappa shape index (κ3) is 5.64. The van der Waals surface area contributed by atoms with Gasteiger partial charge in [0.25, 0.3) is 0 Å². The molecule has 0 radical (unpaired) electrons. The molecule has 134 valence electrons. The second kappa shape index (κ2) is 7.84. The van der Waals surface area contributed by atoms with Crippen LogP contribution in [0.15, 0.2) is 0 Å². The molecule has 0 N–H and O–H groups in total. The third-order valence-corrected chi connectivity index (χ3v) is 5.10. The van der Waals surface area contributed by atoms with Gasteiger partial charge >= 0.3 is 6.09 Å². The van der Waals surface area contributed by atoms with E-state index in [0.717, 1.165) is 52.0 Å². The molecule has 5 heteroatoms. The summed E-state index contributed by atoms with van der Waals surface area (Å²) in [6.07, 6.45) is 3.63. The van der Waals surface area contributed by atoms with E-state index in [0.29, 0.717) is 17.9 Å². The normalized spacial score (nSPS) is 28.0. The van der Waals surface area contributed by atoms with Crippen LogP contribution in [0.1, 0.15) is 47.0 Å². The molecular formula is C18H34N2O3. The lowest BCUT2D eigenvalue weighted by Gasteiger charge is -2.41. The SMILES string of the molecule is COC1CCN(CC2CCN(C(=O)OC(C)(C)C)CC2C)CC1. The van der Waals surface area contributed by atoms with E-state index in [4.69, 9.17) is 9.47 Å². The van der Waals surface area contributed by atoms with Crippen molar-refractivity contribution in [2.24, 2.45) is 11.8 Å². The first-order valence-electron chi connectivity index (χ1n) is 9.01.